The van der Waals surface area contributed by atoms with Gasteiger partial charge in [-0.15, -0.1) is 0 Å². The molecule has 0 aliphatic heterocycles. The largest absolute Gasteiger partial charge is 0.373 e. The van der Waals surface area contributed by atoms with Gasteiger partial charge in [0.1, 0.15) is 5.82 Å². The van der Waals surface area contributed by atoms with Crippen LogP contribution in [0.2, 0.25) is 0 Å². The van der Waals surface area contributed by atoms with Gasteiger partial charge in [-0.05, 0) is 46.5 Å². The van der Waals surface area contributed by atoms with Crippen molar-refractivity contribution in [1.29, 1.82) is 0 Å². The number of aromatic nitrogens is 1. The fourth-order valence-electron chi connectivity index (χ4n) is 1.84. The standard InChI is InChI=1S/C13H15BrN2/c1-4-9-7-10-6-5-8(2)11(14)12(10)16-13(9)15-3/h5-7H,4H2,1-3H3,(H,15,16). The molecule has 0 fully saturated rings. The highest BCUT2D eigenvalue weighted by molar-refractivity contribution is 9.10. The summed E-state index contributed by atoms with van der Waals surface area (Å²) >= 11 is 3.60. The van der Waals surface area contributed by atoms with Gasteiger partial charge in [0.2, 0.25) is 0 Å². The summed E-state index contributed by atoms with van der Waals surface area (Å²) in [5, 5.41) is 4.34. The maximum Gasteiger partial charge on any atom is 0.129 e. The number of hydrogen-bond acceptors (Lipinski definition) is 2. The van der Waals surface area contributed by atoms with Crippen LogP contribution in [0.5, 0.6) is 0 Å². The average molecular weight is 279 g/mol. The van der Waals surface area contributed by atoms with Gasteiger partial charge in [0, 0.05) is 16.9 Å². The van der Waals surface area contributed by atoms with Crippen molar-refractivity contribution in [2.75, 3.05) is 12.4 Å². The lowest BCUT2D eigenvalue weighted by molar-refractivity contribution is 1.11. The molecular weight excluding hydrogens is 264 g/mol. The van der Waals surface area contributed by atoms with E-state index in [2.05, 4.69) is 58.3 Å². The highest BCUT2D eigenvalue weighted by atomic mass is 79.9. The van der Waals surface area contributed by atoms with Crippen molar-refractivity contribution in [2.24, 2.45) is 0 Å². The molecule has 0 atom stereocenters. The molecule has 0 saturated heterocycles. The lowest BCUT2D eigenvalue weighted by atomic mass is 10.1. The Labute approximate surface area is 104 Å². The number of anilines is 1. The summed E-state index contributed by atoms with van der Waals surface area (Å²) in [6.45, 7) is 4.23. The number of fused-ring (bicyclic) bond motifs is 1. The highest BCUT2D eigenvalue weighted by Crippen LogP contribution is 2.29. The molecule has 1 aromatic heterocycles. The summed E-state index contributed by atoms with van der Waals surface area (Å²) in [5.74, 6) is 0.973. The van der Waals surface area contributed by atoms with Crippen LogP contribution in [-0.2, 0) is 6.42 Å². The van der Waals surface area contributed by atoms with E-state index < -0.39 is 0 Å². The molecule has 16 heavy (non-hydrogen) atoms. The van der Waals surface area contributed by atoms with Crippen LogP contribution in [0.25, 0.3) is 10.9 Å². The van der Waals surface area contributed by atoms with Crippen molar-refractivity contribution in [3.63, 3.8) is 0 Å². The van der Waals surface area contributed by atoms with Crippen LogP contribution in [0.15, 0.2) is 22.7 Å². The zero-order chi connectivity index (χ0) is 11.7. The average Bonchev–Trinajstić information content (AvgIpc) is 2.32. The Morgan fingerprint density at radius 2 is 2.12 bits per heavy atom. The number of halogens is 1. The van der Waals surface area contributed by atoms with Crippen LogP contribution in [0.4, 0.5) is 5.82 Å². The number of nitrogens with one attached hydrogen (secondary N) is 1. The van der Waals surface area contributed by atoms with Crippen molar-refractivity contribution in [1.82, 2.24) is 4.98 Å². The third-order valence-electron chi connectivity index (χ3n) is 2.82. The van der Waals surface area contributed by atoms with Crippen LogP contribution in [-0.4, -0.2) is 12.0 Å². The molecule has 0 aliphatic carbocycles. The molecule has 0 saturated carbocycles. The Kier molecular flexibility index (Phi) is 3.15. The number of aryl methyl sites for hydroxylation is 2. The smallest absolute Gasteiger partial charge is 0.129 e. The topological polar surface area (TPSA) is 24.9 Å². The second-order valence-corrected chi connectivity index (χ2v) is 4.66. The molecule has 84 valence electrons. The molecule has 0 radical (unpaired) electrons. The fourth-order valence-corrected chi connectivity index (χ4v) is 2.29. The van der Waals surface area contributed by atoms with Gasteiger partial charge in [-0.3, -0.25) is 0 Å². The van der Waals surface area contributed by atoms with Crippen LogP contribution in [0, 0.1) is 6.92 Å². The number of nitrogens with zero attached hydrogens (tertiary/aromatic N) is 1. The van der Waals surface area contributed by atoms with Crippen LogP contribution in [0.1, 0.15) is 18.1 Å². The quantitative estimate of drug-likeness (QED) is 0.901. The Morgan fingerprint density at radius 1 is 1.38 bits per heavy atom. The van der Waals surface area contributed by atoms with Crippen molar-refractivity contribution in [3.8, 4) is 0 Å². The summed E-state index contributed by atoms with van der Waals surface area (Å²) in [6, 6.07) is 6.45. The molecule has 2 aromatic rings. The van der Waals surface area contributed by atoms with Crippen molar-refractivity contribution in [3.05, 3.63) is 33.8 Å². The lowest BCUT2D eigenvalue weighted by Gasteiger charge is -2.10. The first-order valence-corrected chi connectivity index (χ1v) is 6.23. The van der Waals surface area contributed by atoms with E-state index in [1.54, 1.807) is 0 Å². The summed E-state index contributed by atoms with van der Waals surface area (Å²) in [7, 11) is 1.91. The van der Waals surface area contributed by atoms with Crippen molar-refractivity contribution < 1.29 is 0 Å². The van der Waals surface area contributed by atoms with Gasteiger partial charge in [-0.1, -0.05) is 19.1 Å². The van der Waals surface area contributed by atoms with E-state index in [1.807, 2.05) is 7.05 Å². The normalized spacial score (nSPS) is 10.8. The molecule has 2 nitrogen and oxygen atoms in total. The van der Waals surface area contributed by atoms with Gasteiger partial charge in [0.25, 0.3) is 0 Å². The first-order chi connectivity index (χ1) is 7.67. The van der Waals surface area contributed by atoms with Gasteiger partial charge in [0.05, 0.1) is 5.52 Å². The second kappa shape index (κ2) is 4.42. The van der Waals surface area contributed by atoms with Gasteiger partial charge < -0.3 is 5.32 Å². The van der Waals surface area contributed by atoms with E-state index >= 15 is 0 Å². The molecule has 0 aliphatic rings. The lowest BCUT2D eigenvalue weighted by Crippen LogP contribution is -1.99. The maximum atomic E-state index is 4.67. The third-order valence-corrected chi connectivity index (χ3v) is 3.82. The molecule has 0 spiro atoms. The predicted molar refractivity (Wildman–Crippen MR) is 73.1 cm³/mol. The van der Waals surface area contributed by atoms with Gasteiger partial charge in [-0.25, -0.2) is 4.98 Å². The minimum absolute atomic E-state index is 0.973. The first-order valence-electron chi connectivity index (χ1n) is 5.43. The van der Waals surface area contributed by atoms with Crippen LogP contribution < -0.4 is 5.32 Å². The predicted octanol–water partition coefficient (Wildman–Crippen LogP) is 3.91. The van der Waals surface area contributed by atoms with E-state index in [0.29, 0.717) is 0 Å². The molecule has 0 amide bonds. The Balaban J connectivity index is 2.78. The molecule has 1 heterocycles. The number of rotatable bonds is 2. The highest BCUT2D eigenvalue weighted by Gasteiger charge is 2.08. The van der Waals surface area contributed by atoms with Gasteiger partial charge in [0.15, 0.2) is 0 Å². The molecule has 2 rings (SSSR count). The Bertz CT molecular complexity index is 535. The molecule has 3 heteroatoms. The van der Waals surface area contributed by atoms with Gasteiger partial charge in [-0.2, -0.15) is 0 Å². The van der Waals surface area contributed by atoms with E-state index in [-0.39, 0.29) is 0 Å². The number of pyridine rings is 1. The summed E-state index contributed by atoms with van der Waals surface area (Å²) in [6.07, 6.45) is 0.991. The molecular formula is C13H15BrN2. The molecule has 1 N–H and O–H groups in total. The van der Waals surface area contributed by atoms with Crippen molar-refractivity contribution in [2.45, 2.75) is 20.3 Å². The zero-order valence-corrected chi connectivity index (χ0v) is 11.4. The van der Waals surface area contributed by atoms with Crippen LogP contribution in [0.3, 0.4) is 0 Å². The number of hydrogen-bond donors (Lipinski definition) is 1. The summed E-state index contributed by atoms with van der Waals surface area (Å²) in [4.78, 5) is 4.67. The molecule has 1 aromatic carbocycles. The zero-order valence-electron chi connectivity index (χ0n) is 9.76. The van der Waals surface area contributed by atoms with E-state index in [9.17, 15) is 0 Å². The fraction of sp³-hybridized carbons (Fsp3) is 0.308. The summed E-state index contributed by atoms with van der Waals surface area (Å²) in [5.41, 5.74) is 3.50. The van der Waals surface area contributed by atoms with Crippen LogP contribution >= 0.6 is 15.9 Å². The minimum atomic E-state index is 0.973. The third kappa shape index (κ3) is 1.80. The van der Waals surface area contributed by atoms with Gasteiger partial charge >= 0.3 is 0 Å². The van der Waals surface area contributed by atoms with Crippen molar-refractivity contribution >= 4 is 32.7 Å². The Hall–Kier alpha value is -1.09. The van der Waals surface area contributed by atoms with E-state index in [4.69, 9.17) is 0 Å². The molecule has 0 bridgehead atoms. The van der Waals surface area contributed by atoms with E-state index in [0.717, 1.165) is 22.2 Å². The van der Waals surface area contributed by atoms with E-state index in [1.165, 1.54) is 16.5 Å². The monoisotopic (exact) mass is 278 g/mol. The Morgan fingerprint density at radius 3 is 2.75 bits per heavy atom. The maximum absolute atomic E-state index is 4.67. The second-order valence-electron chi connectivity index (χ2n) is 3.87. The summed E-state index contributed by atoms with van der Waals surface area (Å²) < 4.78 is 1.09. The first kappa shape index (κ1) is 11.4. The number of benzene rings is 1. The minimum Gasteiger partial charge on any atom is -0.373 e. The SMILES string of the molecule is CCc1cc2ccc(C)c(Br)c2nc1NC. The molecule has 0 unspecified atom stereocenters.